The third kappa shape index (κ3) is 3.30. The maximum Gasteiger partial charge on any atom is 0.185 e. The summed E-state index contributed by atoms with van der Waals surface area (Å²) in [5, 5.41) is 17.9. The molecule has 0 aliphatic carbocycles. The van der Waals surface area contributed by atoms with Crippen LogP contribution in [0.5, 0.6) is 5.75 Å². The van der Waals surface area contributed by atoms with Crippen molar-refractivity contribution in [3.8, 4) is 11.8 Å². The molecule has 0 bridgehead atoms. The third-order valence-electron chi connectivity index (χ3n) is 2.59. The van der Waals surface area contributed by atoms with Crippen LogP contribution in [0.2, 0.25) is 0 Å². The van der Waals surface area contributed by atoms with Crippen molar-refractivity contribution in [3.63, 3.8) is 0 Å². The summed E-state index contributed by atoms with van der Waals surface area (Å²) in [7, 11) is 0. The summed E-state index contributed by atoms with van der Waals surface area (Å²) in [5.41, 5.74) is 1.86. The number of rotatable bonds is 3. The number of hydrogen-bond donors (Lipinski definition) is 1. The number of nitrogens with zero attached hydrogens (tertiary/aromatic N) is 1. The molecule has 0 unspecified atom stereocenters. The van der Waals surface area contributed by atoms with Gasteiger partial charge in [-0.1, -0.05) is 18.2 Å². The summed E-state index contributed by atoms with van der Waals surface area (Å²) in [6.45, 7) is 0. The molecule has 0 fully saturated rings. The van der Waals surface area contributed by atoms with E-state index in [1.54, 1.807) is 36.4 Å². The van der Waals surface area contributed by atoms with E-state index in [2.05, 4.69) is 0 Å². The van der Waals surface area contributed by atoms with Crippen LogP contribution >= 0.6 is 0 Å². The Morgan fingerprint density at radius 3 is 2.58 bits per heavy atom. The van der Waals surface area contributed by atoms with Crippen molar-refractivity contribution in [1.82, 2.24) is 0 Å². The Labute approximate surface area is 111 Å². The van der Waals surface area contributed by atoms with Crippen LogP contribution in [0.3, 0.4) is 0 Å². The van der Waals surface area contributed by atoms with Crippen LogP contribution in [-0.2, 0) is 0 Å². The fourth-order valence-electron chi connectivity index (χ4n) is 1.61. The van der Waals surface area contributed by atoms with Gasteiger partial charge in [0.1, 0.15) is 5.75 Å². The number of hydrogen-bond acceptors (Lipinski definition) is 3. The van der Waals surface area contributed by atoms with Gasteiger partial charge in [0.15, 0.2) is 5.78 Å². The highest BCUT2D eigenvalue weighted by molar-refractivity contribution is 6.06. The van der Waals surface area contributed by atoms with Crippen molar-refractivity contribution < 1.29 is 9.90 Å². The standard InChI is InChI=1S/C16H11NO2/c17-11-13-3-1-2-12(10-13)4-9-16(19)14-5-7-15(18)8-6-14/h1-10,18H/b9-4+. The minimum Gasteiger partial charge on any atom is -0.508 e. The lowest BCUT2D eigenvalue weighted by molar-refractivity contribution is 0.104. The van der Waals surface area contributed by atoms with E-state index in [9.17, 15) is 4.79 Å². The Kier molecular flexibility index (Phi) is 3.75. The van der Waals surface area contributed by atoms with E-state index in [0.29, 0.717) is 11.1 Å². The molecule has 0 radical (unpaired) electrons. The lowest BCUT2D eigenvalue weighted by Crippen LogP contribution is -1.92. The first-order chi connectivity index (χ1) is 9.19. The molecule has 0 amide bonds. The Balaban J connectivity index is 2.16. The second kappa shape index (κ2) is 5.65. The molecule has 2 rings (SSSR count). The molecule has 0 spiro atoms. The first-order valence-electron chi connectivity index (χ1n) is 5.70. The lowest BCUT2D eigenvalue weighted by atomic mass is 10.1. The van der Waals surface area contributed by atoms with Gasteiger partial charge in [0.05, 0.1) is 11.6 Å². The van der Waals surface area contributed by atoms with E-state index in [4.69, 9.17) is 10.4 Å². The normalized spacial score (nSPS) is 10.3. The van der Waals surface area contributed by atoms with E-state index in [1.165, 1.54) is 18.2 Å². The summed E-state index contributed by atoms with van der Waals surface area (Å²) in [6, 6.07) is 15.1. The molecule has 0 saturated heterocycles. The average molecular weight is 249 g/mol. The number of carbonyl (C=O) groups is 1. The predicted octanol–water partition coefficient (Wildman–Crippen LogP) is 3.16. The molecule has 2 aromatic rings. The van der Waals surface area contributed by atoms with E-state index < -0.39 is 0 Å². The van der Waals surface area contributed by atoms with E-state index in [0.717, 1.165) is 5.56 Å². The Morgan fingerprint density at radius 1 is 1.16 bits per heavy atom. The van der Waals surface area contributed by atoms with Crippen LogP contribution < -0.4 is 0 Å². The highest BCUT2D eigenvalue weighted by Gasteiger charge is 2.01. The molecule has 0 heterocycles. The van der Waals surface area contributed by atoms with Crippen LogP contribution in [0.1, 0.15) is 21.5 Å². The van der Waals surface area contributed by atoms with Gasteiger partial charge in [-0.25, -0.2) is 0 Å². The van der Waals surface area contributed by atoms with Crippen LogP contribution in [0.25, 0.3) is 6.08 Å². The van der Waals surface area contributed by atoms with E-state index >= 15 is 0 Å². The van der Waals surface area contributed by atoms with Gasteiger partial charge in [0.25, 0.3) is 0 Å². The predicted molar refractivity (Wildman–Crippen MR) is 72.6 cm³/mol. The molecule has 19 heavy (non-hydrogen) atoms. The minimum absolute atomic E-state index is 0.127. The zero-order valence-electron chi connectivity index (χ0n) is 10.1. The first kappa shape index (κ1) is 12.6. The number of allylic oxidation sites excluding steroid dienone is 1. The zero-order valence-corrected chi connectivity index (χ0v) is 10.1. The van der Waals surface area contributed by atoms with Crippen LogP contribution in [-0.4, -0.2) is 10.9 Å². The molecule has 1 N–H and O–H groups in total. The number of ketones is 1. The summed E-state index contributed by atoms with van der Waals surface area (Å²) in [6.07, 6.45) is 3.11. The number of benzene rings is 2. The Bertz CT molecular complexity index is 664. The number of nitriles is 1. The fourth-order valence-corrected chi connectivity index (χ4v) is 1.61. The quantitative estimate of drug-likeness (QED) is 0.671. The molecule has 3 heteroatoms. The molecule has 0 aliphatic rings. The van der Waals surface area contributed by atoms with Crippen LogP contribution in [0.4, 0.5) is 0 Å². The molecule has 0 saturated carbocycles. The maximum absolute atomic E-state index is 11.9. The molecule has 3 nitrogen and oxygen atoms in total. The summed E-state index contributed by atoms with van der Waals surface area (Å²) < 4.78 is 0. The zero-order chi connectivity index (χ0) is 13.7. The van der Waals surface area contributed by atoms with Crippen molar-refractivity contribution in [2.24, 2.45) is 0 Å². The Hall–Kier alpha value is -2.86. The second-order valence-electron chi connectivity index (χ2n) is 3.98. The van der Waals surface area contributed by atoms with Gasteiger partial charge in [-0.3, -0.25) is 4.79 Å². The molecule has 0 atom stereocenters. The molecular formula is C16H11NO2. The van der Waals surface area contributed by atoms with Crippen molar-refractivity contribution in [3.05, 3.63) is 71.3 Å². The summed E-state index contributed by atoms with van der Waals surface area (Å²) >= 11 is 0. The molecular weight excluding hydrogens is 238 g/mol. The molecule has 92 valence electrons. The molecule has 0 aliphatic heterocycles. The molecule has 0 aromatic heterocycles. The molecule has 2 aromatic carbocycles. The fraction of sp³-hybridized carbons (Fsp3) is 0. The minimum atomic E-state index is -0.151. The van der Waals surface area contributed by atoms with Gasteiger partial charge in [-0.15, -0.1) is 0 Å². The monoisotopic (exact) mass is 249 g/mol. The highest BCUT2D eigenvalue weighted by atomic mass is 16.3. The highest BCUT2D eigenvalue weighted by Crippen LogP contribution is 2.12. The van der Waals surface area contributed by atoms with Gasteiger partial charge in [-0.05, 0) is 48.0 Å². The van der Waals surface area contributed by atoms with E-state index in [-0.39, 0.29) is 11.5 Å². The second-order valence-corrected chi connectivity index (χ2v) is 3.98. The number of phenols is 1. The smallest absolute Gasteiger partial charge is 0.185 e. The van der Waals surface area contributed by atoms with Gasteiger partial charge in [0, 0.05) is 5.56 Å². The van der Waals surface area contributed by atoms with Crippen molar-refractivity contribution >= 4 is 11.9 Å². The number of aromatic hydroxyl groups is 1. The topological polar surface area (TPSA) is 61.1 Å². The average Bonchev–Trinajstić information content (AvgIpc) is 2.46. The number of phenolic OH excluding ortho intramolecular Hbond substituents is 1. The van der Waals surface area contributed by atoms with E-state index in [1.807, 2.05) is 12.1 Å². The third-order valence-corrected chi connectivity index (χ3v) is 2.59. The largest absolute Gasteiger partial charge is 0.508 e. The first-order valence-corrected chi connectivity index (χ1v) is 5.70. The summed E-state index contributed by atoms with van der Waals surface area (Å²) in [5.74, 6) is -0.0235. The van der Waals surface area contributed by atoms with Gasteiger partial charge in [0.2, 0.25) is 0 Å². The Morgan fingerprint density at radius 2 is 1.89 bits per heavy atom. The maximum atomic E-state index is 11.9. The number of carbonyl (C=O) groups excluding carboxylic acids is 1. The SMILES string of the molecule is N#Cc1cccc(/C=C/C(=O)c2ccc(O)cc2)c1. The summed E-state index contributed by atoms with van der Waals surface area (Å²) in [4.78, 5) is 11.9. The van der Waals surface area contributed by atoms with Gasteiger partial charge < -0.3 is 5.11 Å². The van der Waals surface area contributed by atoms with Crippen LogP contribution in [0, 0.1) is 11.3 Å². The lowest BCUT2D eigenvalue weighted by Gasteiger charge is -1.97. The van der Waals surface area contributed by atoms with Crippen LogP contribution in [0.15, 0.2) is 54.6 Å². The van der Waals surface area contributed by atoms with Crippen molar-refractivity contribution in [2.45, 2.75) is 0 Å². The van der Waals surface area contributed by atoms with Crippen molar-refractivity contribution in [2.75, 3.05) is 0 Å². The van der Waals surface area contributed by atoms with Gasteiger partial charge in [-0.2, -0.15) is 5.26 Å². The van der Waals surface area contributed by atoms with Crippen molar-refractivity contribution in [1.29, 1.82) is 5.26 Å². The van der Waals surface area contributed by atoms with Gasteiger partial charge >= 0.3 is 0 Å².